The zero-order valence-electron chi connectivity index (χ0n) is 15.6. The Hall–Kier alpha value is -2.07. The average molecular weight is 337 g/mol. The Kier molecular flexibility index (Phi) is 3.95. The normalized spacial score (nSPS) is 22.6. The highest BCUT2D eigenvalue weighted by molar-refractivity contribution is 6.00. The van der Waals surface area contributed by atoms with Crippen LogP contribution in [0.1, 0.15) is 30.7 Å². The third-order valence-corrected chi connectivity index (χ3v) is 6.00. The van der Waals surface area contributed by atoms with Crippen LogP contribution in [0.3, 0.4) is 0 Å². The number of hydrogen-bond acceptors (Lipinski definition) is 2. The van der Waals surface area contributed by atoms with Crippen molar-refractivity contribution in [2.75, 3.05) is 26.7 Å². The second-order valence-electron chi connectivity index (χ2n) is 7.36. The van der Waals surface area contributed by atoms with Gasteiger partial charge in [-0.3, -0.25) is 9.69 Å². The molecule has 2 aromatic rings. The Balaban J connectivity index is 1.83. The van der Waals surface area contributed by atoms with E-state index in [0.29, 0.717) is 6.04 Å². The molecule has 0 saturated carbocycles. The number of aromatic amines is 1. The zero-order chi connectivity index (χ0) is 17.7. The number of rotatable bonds is 3. The predicted molar refractivity (Wildman–Crippen MR) is 103 cm³/mol. The predicted octanol–water partition coefficient (Wildman–Crippen LogP) is 3.21. The van der Waals surface area contributed by atoms with Gasteiger partial charge in [0.25, 0.3) is 0 Å². The highest BCUT2D eigenvalue weighted by atomic mass is 16.2. The van der Waals surface area contributed by atoms with E-state index in [1.807, 2.05) is 4.90 Å². The number of likely N-dealkylation sites (N-methyl/N-ethyl adjacent to an activating group) is 1. The minimum Gasteiger partial charge on any atom is -0.358 e. The van der Waals surface area contributed by atoms with Crippen LogP contribution in [0, 0.1) is 12.8 Å². The van der Waals surface area contributed by atoms with E-state index in [1.165, 1.54) is 33.3 Å². The van der Waals surface area contributed by atoms with Crippen LogP contribution < -0.4 is 0 Å². The molecule has 2 atom stereocenters. The van der Waals surface area contributed by atoms with E-state index < -0.39 is 0 Å². The molecule has 0 saturated heterocycles. The molecule has 0 fully saturated rings. The summed E-state index contributed by atoms with van der Waals surface area (Å²) in [5.41, 5.74) is 6.56. The number of carbonyl (C=O) groups is 1. The number of aromatic nitrogens is 1. The van der Waals surface area contributed by atoms with Crippen molar-refractivity contribution in [3.63, 3.8) is 0 Å². The number of amides is 1. The monoisotopic (exact) mass is 337 g/mol. The number of nitrogens with one attached hydrogen (secondary N) is 1. The number of fused-ring (bicyclic) bond motifs is 2. The van der Waals surface area contributed by atoms with Crippen molar-refractivity contribution in [1.29, 1.82) is 0 Å². The van der Waals surface area contributed by atoms with E-state index >= 15 is 0 Å². The maximum Gasteiger partial charge on any atom is 0.230 e. The van der Waals surface area contributed by atoms with E-state index in [4.69, 9.17) is 0 Å². The molecule has 4 heteroatoms. The van der Waals surface area contributed by atoms with Crippen LogP contribution >= 0.6 is 0 Å². The number of H-pyrrole nitrogens is 1. The van der Waals surface area contributed by atoms with Gasteiger partial charge in [-0.25, -0.2) is 0 Å². The lowest BCUT2D eigenvalue weighted by molar-refractivity contribution is -0.134. The molecule has 1 N–H and O–H groups in total. The molecule has 4 nitrogen and oxygen atoms in total. The number of nitrogens with zero attached hydrogens (tertiary/aromatic N) is 2. The highest BCUT2D eigenvalue weighted by Gasteiger charge is 2.36. The molecule has 1 aromatic heterocycles. The fraction of sp³-hybridized carbons (Fsp3) is 0.476. The Morgan fingerprint density at radius 2 is 2.08 bits per heavy atom. The maximum atomic E-state index is 12.9. The lowest BCUT2D eigenvalue weighted by Crippen LogP contribution is -2.47. The van der Waals surface area contributed by atoms with Gasteiger partial charge in [0.15, 0.2) is 0 Å². The van der Waals surface area contributed by atoms with Gasteiger partial charge < -0.3 is 9.88 Å². The Bertz CT molecular complexity index is 859. The summed E-state index contributed by atoms with van der Waals surface area (Å²) in [6, 6.07) is 6.86. The topological polar surface area (TPSA) is 39.3 Å². The number of hydrogen-bond donors (Lipinski definition) is 1. The molecule has 4 rings (SSSR count). The first-order chi connectivity index (χ1) is 12.0. The lowest BCUT2D eigenvalue weighted by atomic mass is 9.79. The van der Waals surface area contributed by atoms with Gasteiger partial charge in [-0.05, 0) is 57.0 Å². The molecule has 1 aliphatic heterocycles. The van der Waals surface area contributed by atoms with Crippen molar-refractivity contribution in [3.05, 3.63) is 41.1 Å². The van der Waals surface area contributed by atoms with Gasteiger partial charge in [0.2, 0.25) is 5.91 Å². The summed E-state index contributed by atoms with van der Waals surface area (Å²) >= 11 is 0. The van der Waals surface area contributed by atoms with E-state index in [9.17, 15) is 4.79 Å². The SMILES string of the molecule is CCN(CC)C(=O)C1C=C2c3cccc4[nH]c(C)c(c34)C[C@H]2N(C)C1. The molecule has 0 spiro atoms. The minimum atomic E-state index is -0.0482. The maximum absolute atomic E-state index is 12.9. The molecular formula is C21H27N3O. The van der Waals surface area contributed by atoms with Crippen LogP contribution in [0.15, 0.2) is 24.3 Å². The van der Waals surface area contributed by atoms with Crippen molar-refractivity contribution in [1.82, 2.24) is 14.8 Å². The summed E-state index contributed by atoms with van der Waals surface area (Å²) in [5, 5.41) is 1.35. The van der Waals surface area contributed by atoms with E-state index in [2.05, 4.69) is 62.0 Å². The van der Waals surface area contributed by atoms with Crippen molar-refractivity contribution in [2.24, 2.45) is 5.92 Å². The first-order valence-electron chi connectivity index (χ1n) is 9.36. The first-order valence-corrected chi connectivity index (χ1v) is 9.36. The van der Waals surface area contributed by atoms with Gasteiger partial charge in [0.05, 0.1) is 5.92 Å². The van der Waals surface area contributed by atoms with Crippen LogP contribution in [0.2, 0.25) is 0 Å². The Morgan fingerprint density at radius 3 is 2.80 bits per heavy atom. The van der Waals surface area contributed by atoms with Crippen LogP contribution in [0.4, 0.5) is 0 Å². The van der Waals surface area contributed by atoms with Gasteiger partial charge in [-0.15, -0.1) is 0 Å². The Morgan fingerprint density at radius 1 is 1.32 bits per heavy atom. The van der Waals surface area contributed by atoms with Crippen molar-refractivity contribution in [3.8, 4) is 0 Å². The van der Waals surface area contributed by atoms with Crippen LogP contribution in [-0.2, 0) is 11.2 Å². The first kappa shape index (κ1) is 16.4. The number of aryl methyl sites for hydroxylation is 1. The molecule has 0 radical (unpaired) electrons. The summed E-state index contributed by atoms with van der Waals surface area (Å²) in [6.07, 6.45) is 3.28. The van der Waals surface area contributed by atoms with Gasteiger partial charge in [-0.2, -0.15) is 0 Å². The molecule has 2 heterocycles. The lowest BCUT2D eigenvalue weighted by Gasteiger charge is -2.40. The van der Waals surface area contributed by atoms with Crippen molar-refractivity contribution >= 4 is 22.4 Å². The van der Waals surface area contributed by atoms with Crippen molar-refractivity contribution in [2.45, 2.75) is 33.2 Å². The molecule has 1 amide bonds. The van der Waals surface area contributed by atoms with E-state index in [-0.39, 0.29) is 11.8 Å². The van der Waals surface area contributed by atoms with Crippen molar-refractivity contribution < 1.29 is 4.79 Å². The standard InChI is InChI=1S/C21H27N3O/c1-5-24(6-2)21(25)14-10-17-15-8-7-9-18-20(15)16(13(3)22-18)11-19(17)23(4)12-14/h7-10,14,19,22H,5-6,11-12H2,1-4H3/t14?,19-/m1/s1. The summed E-state index contributed by atoms with van der Waals surface area (Å²) in [6.45, 7) is 8.64. The second-order valence-corrected chi connectivity index (χ2v) is 7.36. The second kappa shape index (κ2) is 6.03. The van der Waals surface area contributed by atoms with Gasteiger partial charge >= 0.3 is 0 Å². The summed E-state index contributed by atoms with van der Waals surface area (Å²) in [7, 11) is 2.16. The number of benzene rings is 1. The molecule has 25 heavy (non-hydrogen) atoms. The number of carbonyl (C=O) groups excluding carboxylic acids is 1. The van der Waals surface area contributed by atoms with Gasteiger partial charge in [0.1, 0.15) is 0 Å². The summed E-state index contributed by atoms with van der Waals surface area (Å²) in [4.78, 5) is 20.8. The summed E-state index contributed by atoms with van der Waals surface area (Å²) in [5.74, 6) is 0.207. The molecule has 1 aliphatic carbocycles. The highest BCUT2D eigenvalue weighted by Crippen LogP contribution is 2.42. The third kappa shape index (κ3) is 2.43. The Labute approximate surface area is 149 Å². The van der Waals surface area contributed by atoms with Crippen LogP contribution in [0.25, 0.3) is 16.5 Å². The fourth-order valence-corrected chi connectivity index (χ4v) is 4.65. The smallest absolute Gasteiger partial charge is 0.230 e. The van der Waals surface area contributed by atoms with E-state index in [0.717, 1.165) is 26.1 Å². The largest absolute Gasteiger partial charge is 0.358 e. The van der Waals surface area contributed by atoms with Gasteiger partial charge in [-0.1, -0.05) is 18.2 Å². The summed E-state index contributed by atoms with van der Waals surface area (Å²) < 4.78 is 0. The zero-order valence-corrected chi connectivity index (χ0v) is 15.6. The van der Waals surface area contributed by atoms with Crippen LogP contribution in [-0.4, -0.2) is 53.4 Å². The molecule has 132 valence electrons. The molecule has 1 unspecified atom stereocenters. The quantitative estimate of drug-likeness (QED) is 0.934. The van der Waals surface area contributed by atoms with Gasteiger partial charge in [0, 0.05) is 42.3 Å². The molecule has 2 aliphatic rings. The molecular weight excluding hydrogens is 310 g/mol. The van der Waals surface area contributed by atoms with E-state index in [1.54, 1.807) is 0 Å². The molecule has 1 aromatic carbocycles. The fourth-order valence-electron chi connectivity index (χ4n) is 4.65. The third-order valence-electron chi connectivity index (χ3n) is 6.00. The average Bonchev–Trinajstić information content (AvgIpc) is 2.93. The molecule has 0 bridgehead atoms. The van der Waals surface area contributed by atoms with Crippen LogP contribution in [0.5, 0.6) is 0 Å². The minimum absolute atomic E-state index is 0.0482.